The van der Waals surface area contributed by atoms with Crippen molar-refractivity contribution in [3.05, 3.63) is 71.0 Å². The summed E-state index contributed by atoms with van der Waals surface area (Å²) < 4.78 is 34.1. The van der Waals surface area contributed by atoms with Crippen LogP contribution in [0.2, 0.25) is 5.02 Å². The van der Waals surface area contributed by atoms with E-state index in [2.05, 4.69) is 11.0 Å². The summed E-state index contributed by atoms with van der Waals surface area (Å²) in [5.41, 5.74) is 0. The molecule has 1 aromatic carbocycles. The van der Waals surface area contributed by atoms with Crippen molar-refractivity contribution in [3.63, 3.8) is 0 Å². The number of halogens is 1. The highest BCUT2D eigenvalue weighted by Crippen LogP contribution is 2.33. The van der Waals surface area contributed by atoms with Crippen LogP contribution in [0.25, 0.3) is 6.08 Å². The highest BCUT2D eigenvalue weighted by molar-refractivity contribution is 8.19. The number of hydrogen-bond donors (Lipinski definition) is 0. The lowest BCUT2D eigenvalue weighted by atomic mass is 10.3. The van der Waals surface area contributed by atoms with E-state index in [9.17, 15) is 13.2 Å². The zero-order valence-electron chi connectivity index (χ0n) is 13.3. The van der Waals surface area contributed by atoms with Crippen LogP contribution in [0.15, 0.2) is 73.9 Å². The normalized spacial score (nSPS) is 18.0. The van der Waals surface area contributed by atoms with Crippen LogP contribution >= 0.6 is 23.4 Å². The average molecular weight is 409 g/mol. The summed E-state index contributed by atoms with van der Waals surface area (Å²) in [7, 11) is -3.99. The molecule has 0 unspecified atom stereocenters. The van der Waals surface area contributed by atoms with E-state index >= 15 is 0 Å². The van der Waals surface area contributed by atoms with Crippen molar-refractivity contribution in [2.24, 2.45) is 4.40 Å². The van der Waals surface area contributed by atoms with Crippen LogP contribution in [0.1, 0.15) is 5.76 Å². The molecule has 0 aliphatic carbocycles. The van der Waals surface area contributed by atoms with Gasteiger partial charge in [-0.25, -0.2) is 0 Å². The van der Waals surface area contributed by atoms with E-state index in [0.717, 1.165) is 11.8 Å². The molecule has 1 amide bonds. The summed E-state index contributed by atoms with van der Waals surface area (Å²) in [6, 6.07) is 9.04. The first kappa shape index (κ1) is 18.5. The number of sulfonamides is 1. The minimum absolute atomic E-state index is 0.00975. The molecule has 0 bridgehead atoms. The van der Waals surface area contributed by atoms with Gasteiger partial charge < -0.3 is 4.42 Å². The Morgan fingerprint density at radius 2 is 2.00 bits per heavy atom. The number of thioether (sulfide) groups is 1. The van der Waals surface area contributed by atoms with Crippen LogP contribution in [0.3, 0.4) is 0 Å². The maximum absolute atomic E-state index is 12.6. The molecular formula is C17H13ClN2O4S2. The van der Waals surface area contributed by atoms with Gasteiger partial charge in [0.2, 0.25) is 0 Å². The molecule has 0 radical (unpaired) electrons. The zero-order valence-corrected chi connectivity index (χ0v) is 15.7. The average Bonchev–Trinajstić information content (AvgIpc) is 3.20. The molecule has 0 spiro atoms. The van der Waals surface area contributed by atoms with Gasteiger partial charge in [0, 0.05) is 17.6 Å². The number of amidine groups is 1. The minimum Gasteiger partial charge on any atom is -0.465 e. The van der Waals surface area contributed by atoms with E-state index in [1.165, 1.54) is 41.5 Å². The van der Waals surface area contributed by atoms with E-state index < -0.39 is 10.0 Å². The molecule has 1 saturated heterocycles. The Labute approximate surface area is 159 Å². The third-order valence-electron chi connectivity index (χ3n) is 3.33. The highest BCUT2D eigenvalue weighted by Gasteiger charge is 2.34. The van der Waals surface area contributed by atoms with Crippen molar-refractivity contribution in [2.75, 3.05) is 6.54 Å². The topological polar surface area (TPSA) is 80.0 Å². The van der Waals surface area contributed by atoms with Crippen LogP contribution < -0.4 is 0 Å². The van der Waals surface area contributed by atoms with Gasteiger partial charge in [-0.15, -0.1) is 11.0 Å². The molecule has 1 aliphatic rings. The fourth-order valence-corrected chi connectivity index (χ4v) is 4.43. The second-order valence-corrected chi connectivity index (χ2v) is 8.18. The van der Waals surface area contributed by atoms with Crippen LogP contribution in [0.4, 0.5) is 0 Å². The van der Waals surface area contributed by atoms with E-state index in [4.69, 9.17) is 16.0 Å². The summed E-state index contributed by atoms with van der Waals surface area (Å²) in [6.45, 7) is 3.73. The molecule has 1 aliphatic heterocycles. The monoisotopic (exact) mass is 408 g/mol. The predicted octanol–water partition coefficient (Wildman–Crippen LogP) is 3.78. The van der Waals surface area contributed by atoms with Gasteiger partial charge in [0.25, 0.3) is 15.9 Å². The number of furan rings is 1. The van der Waals surface area contributed by atoms with Gasteiger partial charge in [-0.2, -0.15) is 8.42 Å². The Kier molecular flexibility index (Phi) is 5.36. The molecule has 3 rings (SSSR count). The second-order valence-electron chi connectivity index (χ2n) is 5.13. The summed E-state index contributed by atoms with van der Waals surface area (Å²) >= 11 is 6.75. The summed E-state index contributed by atoms with van der Waals surface area (Å²) in [4.78, 5) is 14.1. The van der Waals surface area contributed by atoms with Crippen LogP contribution in [-0.2, 0) is 14.8 Å². The van der Waals surface area contributed by atoms with Gasteiger partial charge in [0.15, 0.2) is 5.17 Å². The Morgan fingerprint density at radius 3 is 2.62 bits per heavy atom. The number of nitrogens with zero attached hydrogens (tertiary/aromatic N) is 2. The van der Waals surface area contributed by atoms with E-state index in [1.54, 1.807) is 18.2 Å². The lowest BCUT2D eigenvalue weighted by Crippen LogP contribution is -2.29. The number of amides is 1. The number of hydrogen-bond acceptors (Lipinski definition) is 5. The van der Waals surface area contributed by atoms with Crippen molar-refractivity contribution < 1.29 is 17.6 Å². The van der Waals surface area contributed by atoms with Crippen molar-refractivity contribution in [1.82, 2.24) is 4.90 Å². The molecule has 0 saturated carbocycles. The van der Waals surface area contributed by atoms with Gasteiger partial charge in [0.05, 0.1) is 16.1 Å². The van der Waals surface area contributed by atoms with Crippen LogP contribution in [0, 0.1) is 0 Å². The Hall–Kier alpha value is -2.29. The second kappa shape index (κ2) is 7.53. The van der Waals surface area contributed by atoms with Gasteiger partial charge in [-0.1, -0.05) is 17.7 Å². The molecule has 134 valence electrons. The van der Waals surface area contributed by atoms with Gasteiger partial charge in [-0.05, 0) is 48.2 Å². The minimum atomic E-state index is -3.99. The lowest BCUT2D eigenvalue weighted by Gasteiger charge is -2.12. The van der Waals surface area contributed by atoms with Crippen molar-refractivity contribution >= 4 is 50.5 Å². The number of carbonyl (C=O) groups excluding carboxylic acids is 1. The predicted molar refractivity (Wildman–Crippen MR) is 102 cm³/mol. The summed E-state index contributed by atoms with van der Waals surface area (Å²) in [5, 5.41) is 0.474. The first-order valence-corrected chi connectivity index (χ1v) is 10.0. The van der Waals surface area contributed by atoms with E-state index in [1.807, 2.05) is 0 Å². The summed E-state index contributed by atoms with van der Waals surface area (Å²) in [5.74, 6) is 0.123. The molecule has 9 heteroatoms. The van der Waals surface area contributed by atoms with Gasteiger partial charge in [-0.3, -0.25) is 9.69 Å². The Morgan fingerprint density at radius 1 is 1.27 bits per heavy atom. The van der Waals surface area contributed by atoms with E-state index in [-0.39, 0.29) is 22.5 Å². The van der Waals surface area contributed by atoms with Crippen molar-refractivity contribution in [2.45, 2.75) is 4.90 Å². The Balaban J connectivity index is 1.98. The first-order chi connectivity index (χ1) is 12.4. The fraction of sp³-hybridized carbons (Fsp3) is 0.0588. The van der Waals surface area contributed by atoms with Crippen LogP contribution in [-0.4, -0.2) is 30.9 Å². The van der Waals surface area contributed by atoms with Crippen molar-refractivity contribution in [3.8, 4) is 0 Å². The van der Waals surface area contributed by atoms with Crippen LogP contribution in [0.5, 0.6) is 0 Å². The standard InChI is InChI=1S/C17H13ClN2O4S2/c1-2-9-20-16(21)15(11-13-4-3-10-24-13)25-17(20)19-26(22,23)14-7-5-12(18)6-8-14/h2-8,10-11H,1,9H2/b15-11-,19-17-. The zero-order chi connectivity index (χ0) is 18.7. The van der Waals surface area contributed by atoms with E-state index in [0.29, 0.717) is 15.7 Å². The fourth-order valence-electron chi connectivity index (χ4n) is 2.13. The molecule has 1 fully saturated rings. The number of carbonyl (C=O) groups is 1. The highest BCUT2D eigenvalue weighted by atomic mass is 35.5. The third-order valence-corrected chi connectivity index (χ3v) is 5.98. The Bertz CT molecular complexity index is 994. The molecule has 2 aromatic rings. The summed E-state index contributed by atoms with van der Waals surface area (Å²) in [6.07, 6.45) is 4.53. The SMILES string of the molecule is C=CCN1C(=O)/C(=C/c2ccco2)S/C1=N\S(=O)(=O)c1ccc(Cl)cc1. The molecule has 26 heavy (non-hydrogen) atoms. The first-order valence-electron chi connectivity index (χ1n) is 7.37. The maximum Gasteiger partial charge on any atom is 0.284 e. The molecule has 6 nitrogen and oxygen atoms in total. The van der Waals surface area contributed by atoms with Gasteiger partial charge in [0.1, 0.15) is 5.76 Å². The quantitative estimate of drug-likeness (QED) is 0.555. The van der Waals surface area contributed by atoms with Gasteiger partial charge >= 0.3 is 0 Å². The smallest absolute Gasteiger partial charge is 0.284 e. The number of rotatable bonds is 5. The molecule has 0 atom stereocenters. The largest absolute Gasteiger partial charge is 0.465 e. The lowest BCUT2D eigenvalue weighted by molar-refractivity contribution is -0.121. The molecule has 1 aromatic heterocycles. The molecule has 0 N–H and O–H groups in total. The number of benzene rings is 1. The van der Waals surface area contributed by atoms with Crippen molar-refractivity contribution in [1.29, 1.82) is 0 Å². The molecular weight excluding hydrogens is 396 g/mol. The third kappa shape index (κ3) is 3.92. The maximum atomic E-state index is 12.6. The molecule has 2 heterocycles.